The Bertz CT molecular complexity index is 362. The lowest BCUT2D eigenvalue weighted by Gasteiger charge is -2.26. The summed E-state index contributed by atoms with van der Waals surface area (Å²) in [5.74, 6) is -0.191. The molecule has 1 fully saturated rings. The van der Waals surface area contributed by atoms with Crippen molar-refractivity contribution in [1.29, 1.82) is 0 Å². The summed E-state index contributed by atoms with van der Waals surface area (Å²) < 4.78 is 13.9. The third-order valence-electron chi connectivity index (χ3n) is 2.71. The Labute approximate surface area is 93.8 Å². The molecule has 1 atom stereocenters. The van der Waals surface area contributed by atoms with E-state index in [0.29, 0.717) is 16.1 Å². The first-order chi connectivity index (χ1) is 7.20. The van der Waals surface area contributed by atoms with Crippen molar-refractivity contribution in [3.63, 3.8) is 0 Å². The van der Waals surface area contributed by atoms with Gasteiger partial charge in [0.25, 0.3) is 0 Å². The zero-order valence-electron chi connectivity index (χ0n) is 8.61. The standard InChI is InChI=1S/C11H14ClFN2/c1-7-2-3-8(12)10(11(7)13)9-6-14-4-5-15-9/h2-3,9,14-15H,4-6H2,1H3/t9-/m1/s1. The first-order valence-corrected chi connectivity index (χ1v) is 5.46. The summed E-state index contributed by atoms with van der Waals surface area (Å²) in [5.41, 5.74) is 1.23. The van der Waals surface area contributed by atoms with Crippen LogP contribution in [0.25, 0.3) is 0 Å². The second-order valence-corrected chi connectivity index (χ2v) is 4.21. The van der Waals surface area contributed by atoms with Gasteiger partial charge in [0, 0.05) is 36.3 Å². The number of piperazine rings is 1. The van der Waals surface area contributed by atoms with Crippen LogP contribution in [0.3, 0.4) is 0 Å². The molecule has 0 spiro atoms. The smallest absolute Gasteiger partial charge is 0.132 e. The molecule has 0 amide bonds. The zero-order valence-corrected chi connectivity index (χ0v) is 9.37. The fourth-order valence-electron chi connectivity index (χ4n) is 1.86. The molecule has 0 saturated carbocycles. The summed E-state index contributed by atoms with van der Waals surface area (Å²) in [6.45, 7) is 4.24. The molecule has 2 N–H and O–H groups in total. The Morgan fingerprint density at radius 2 is 2.20 bits per heavy atom. The van der Waals surface area contributed by atoms with Crippen LogP contribution in [0.2, 0.25) is 5.02 Å². The topological polar surface area (TPSA) is 24.1 Å². The van der Waals surface area contributed by atoms with Gasteiger partial charge in [0.1, 0.15) is 5.82 Å². The highest BCUT2D eigenvalue weighted by Gasteiger charge is 2.21. The number of halogens is 2. The Morgan fingerprint density at radius 3 is 2.87 bits per heavy atom. The summed E-state index contributed by atoms with van der Waals surface area (Å²) in [4.78, 5) is 0. The molecule has 1 aliphatic rings. The van der Waals surface area contributed by atoms with Gasteiger partial charge in [-0.3, -0.25) is 0 Å². The molecule has 0 bridgehead atoms. The highest BCUT2D eigenvalue weighted by molar-refractivity contribution is 6.31. The average Bonchev–Trinajstić information content (AvgIpc) is 2.26. The molecule has 2 nitrogen and oxygen atoms in total. The van der Waals surface area contributed by atoms with Gasteiger partial charge in [-0.25, -0.2) is 4.39 Å². The van der Waals surface area contributed by atoms with Gasteiger partial charge in [-0.1, -0.05) is 17.7 Å². The van der Waals surface area contributed by atoms with Crippen LogP contribution in [0.1, 0.15) is 17.2 Å². The second-order valence-electron chi connectivity index (χ2n) is 3.80. The lowest BCUT2D eigenvalue weighted by molar-refractivity contribution is 0.416. The van der Waals surface area contributed by atoms with Gasteiger partial charge >= 0.3 is 0 Å². The van der Waals surface area contributed by atoms with Crippen LogP contribution in [0.15, 0.2) is 12.1 Å². The lowest BCUT2D eigenvalue weighted by atomic mass is 10.0. The maximum atomic E-state index is 13.9. The predicted octanol–water partition coefficient (Wildman–Crippen LogP) is 2.02. The molecule has 82 valence electrons. The van der Waals surface area contributed by atoms with Crippen molar-refractivity contribution < 1.29 is 4.39 Å². The van der Waals surface area contributed by atoms with E-state index in [1.54, 1.807) is 19.1 Å². The Morgan fingerprint density at radius 1 is 1.40 bits per heavy atom. The van der Waals surface area contributed by atoms with E-state index >= 15 is 0 Å². The molecule has 1 aliphatic heterocycles. The van der Waals surface area contributed by atoms with Crippen LogP contribution in [-0.4, -0.2) is 19.6 Å². The Balaban J connectivity index is 2.36. The molecule has 4 heteroatoms. The molecule has 1 heterocycles. The van der Waals surface area contributed by atoms with Crippen LogP contribution in [0.4, 0.5) is 4.39 Å². The van der Waals surface area contributed by atoms with Gasteiger partial charge in [0.15, 0.2) is 0 Å². The highest BCUT2D eigenvalue weighted by Crippen LogP contribution is 2.28. The SMILES string of the molecule is Cc1ccc(Cl)c([C@H]2CNCCN2)c1F. The van der Waals surface area contributed by atoms with Crippen LogP contribution in [0, 0.1) is 12.7 Å². The molecule has 0 aliphatic carbocycles. The minimum atomic E-state index is -0.191. The number of benzene rings is 1. The normalized spacial score (nSPS) is 21.7. The molecule has 1 saturated heterocycles. The number of rotatable bonds is 1. The van der Waals surface area contributed by atoms with Gasteiger partial charge in [0.2, 0.25) is 0 Å². The average molecular weight is 229 g/mol. The van der Waals surface area contributed by atoms with Crippen LogP contribution < -0.4 is 10.6 Å². The van der Waals surface area contributed by atoms with Crippen LogP contribution >= 0.6 is 11.6 Å². The van der Waals surface area contributed by atoms with E-state index in [4.69, 9.17) is 11.6 Å². The van der Waals surface area contributed by atoms with E-state index in [0.717, 1.165) is 19.6 Å². The molecule has 15 heavy (non-hydrogen) atoms. The van der Waals surface area contributed by atoms with Gasteiger partial charge in [-0.15, -0.1) is 0 Å². The molecule has 0 radical (unpaired) electrons. The van der Waals surface area contributed by atoms with Gasteiger partial charge in [-0.2, -0.15) is 0 Å². The minimum absolute atomic E-state index is 0.0221. The maximum absolute atomic E-state index is 13.9. The van der Waals surface area contributed by atoms with E-state index in [-0.39, 0.29) is 11.9 Å². The Kier molecular flexibility index (Phi) is 3.24. The predicted molar refractivity (Wildman–Crippen MR) is 59.8 cm³/mol. The third kappa shape index (κ3) is 2.14. The molecular weight excluding hydrogens is 215 g/mol. The molecule has 0 unspecified atom stereocenters. The van der Waals surface area contributed by atoms with Gasteiger partial charge in [0.05, 0.1) is 0 Å². The first kappa shape index (κ1) is 10.9. The monoisotopic (exact) mass is 228 g/mol. The molecule has 0 aromatic heterocycles. The lowest BCUT2D eigenvalue weighted by Crippen LogP contribution is -2.43. The number of hydrogen-bond donors (Lipinski definition) is 2. The van der Waals surface area contributed by atoms with Crippen molar-refractivity contribution in [3.8, 4) is 0 Å². The van der Waals surface area contributed by atoms with Gasteiger partial charge in [-0.05, 0) is 18.6 Å². The van der Waals surface area contributed by atoms with E-state index in [9.17, 15) is 4.39 Å². The van der Waals surface area contributed by atoms with Crippen molar-refractivity contribution >= 4 is 11.6 Å². The number of nitrogens with one attached hydrogen (secondary N) is 2. The quantitative estimate of drug-likeness (QED) is 0.769. The van der Waals surface area contributed by atoms with Crippen molar-refractivity contribution in [2.75, 3.05) is 19.6 Å². The zero-order chi connectivity index (χ0) is 10.8. The summed E-state index contributed by atoms with van der Waals surface area (Å²) >= 11 is 6.03. The Hall–Kier alpha value is -0.640. The van der Waals surface area contributed by atoms with Crippen LogP contribution in [0.5, 0.6) is 0 Å². The number of hydrogen-bond acceptors (Lipinski definition) is 2. The van der Waals surface area contributed by atoms with Gasteiger partial charge < -0.3 is 10.6 Å². The van der Waals surface area contributed by atoms with E-state index in [1.807, 2.05) is 0 Å². The van der Waals surface area contributed by atoms with Crippen molar-refractivity contribution in [2.24, 2.45) is 0 Å². The third-order valence-corrected chi connectivity index (χ3v) is 3.04. The van der Waals surface area contributed by atoms with E-state index in [1.165, 1.54) is 0 Å². The van der Waals surface area contributed by atoms with E-state index in [2.05, 4.69) is 10.6 Å². The van der Waals surface area contributed by atoms with Crippen molar-refractivity contribution in [1.82, 2.24) is 10.6 Å². The minimum Gasteiger partial charge on any atom is -0.314 e. The summed E-state index contributed by atoms with van der Waals surface area (Å²) in [5, 5.41) is 6.98. The molecule has 2 rings (SSSR count). The molecule has 1 aromatic rings. The summed E-state index contributed by atoms with van der Waals surface area (Å²) in [7, 11) is 0. The number of aryl methyl sites for hydroxylation is 1. The summed E-state index contributed by atoms with van der Waals surface area (Å²) in [6.07, 6.45) is 0. The second kappa shape index (κ2) is 4.47. The maximum Gasteiger partial charge on any atom is 0.132 e. The summed E-state index contributed by atoms with van der Waals surface area (Å²) in [6, 6.07) is 3.44. The van der Waals surface area contributed by atoms with Crippen molar-refractivity contribution in [3.05, 3.63) is 34.1 Å². The van der Waals surface area contributed by atoms with E-state index < -0.39 is 0 Å². The molecular formula is C11H14ClFN2. The van der Waals surface area contributed by atoms with Crippen LogP contribution in [-0.2, 0) is 0 Å². The first-order valence-electron chi connectivity index (χ1n) is 5.08. The highest BCUT2D eigenvalue weighted by atomic mass is 35.5. The largest absolute Gasteiger partial charge is 0.314 e. The van der Waals surface area contributed by atoms with Crippen molar-refractivity contribution in [2.45, 2.75) is 13.0 Å². The fraction of sp³-hybridized carbons (Fsp3) is 0.455. The fourth-order valence-corrected chi connectivity index (χ4v) is 2.13. The molecule has 1 aromatic carbocycles.